The van der Waals surface area contributed by atoms with E-state index in [9.17, 15) is 9.59 Å². The van der Waals surface area contributed by atoms with E-state index in [4.69, 9.17) is 27.9 Å². The van der Waals surface area contributed by atoms with E-state index in [1.165, 1.54) is 0 Å². The maximum atomic E-state index is 12.8. The number of anilines is 2. The van der Waals surface area contributed by atoms with E-state index in [0.717, 1.165) is 16.5 Å². The van der Waals surface area contributed by atoms with Crippen LogP contribution in [0.1, 0.15) is 11.1 Å². The largest absolute Gasteiger partial charge is 0.477 e. The van der Waals surface area contributed by atoms with Crippen LogP contribution in [0.2, 0.25) is 10.0 Å². The molecule has 178 valence electrons. The molecule has 1 aromatic heterocycles. The van der Waals surface area contributed by atoms with Crippen LogP contribution in [-0.4, -0.2) is 18.4 Å². The second-order valence-electron chi connectivity index (χ2n) is 8.04. The van der Waals surface area contributed by atoms with Crippen molar-refractivity contribution in [3.63, 3.8) is 0 Å². The zero-order valence-electron chi connectivity index (χ0n) is 19.3. The predicted molar refractivity (Wildman–Crippen MR) is 139 cm³/mol. The summed E-state index contributed by atoms with van der Waals surface area (Å²) >= 11 is 12.3. The van der Waals surface area contributed by atoms with E-state index >= 15 is 0 Å². The molecule has 8 heteroatoms. The molecule has 4 aromatic rings. The van der Waals surface area contributed by atoms with E-state index in [2.05, 4.69) is 10.6 Å². The summed E-state index contributed by atoms with van der Waals surface area (Å²) in [5.41, 5.74) is 3.58. The van der Waals surface area contributed by atoms with Crippen LogP contribution in [0.3, 0.4) is 0 Å². The van der Waals surface area contributed by atoms with Gasteiger partial charge in [0, 0.05) is 27.5 Å². The molecule has 0 radical (unpaired) electrons. The lowest BCUT2D eigenvalue weighted by Gasteiger charge is -2.12. The zero-order valence-corrected chi connectivity index (χ0v) is 20.8. The number of hydrogen-bond donors (Lipinski definition) is 2. The van der Waals surface area contributed by atoms with E-state index < -0.39 is 0 Å². The minimum Gasteiger partial charge on any atom is -0.477 e. The fraction of sp³-hybridized carbons (Fsp3) is 0.148. The number of carbonyl (C=O) groups is 2. The van der Waals surface area contributed by atoms with Crippen LogP contribution in [0.4, 0.5) is 11.4 Å². The smallest absolute Gasteiger partial charge is 0.290 e. The number of aromatic nitrogens is 1. The van der Waals surface area contributed by atoms with Crippen molar-refractivity contribution in [1.82, 2.24) is 0 Å². The van der Waals surface area contributed by atoms with Crippen molar-refractivity contribution in [3.05, 3.63) is 94.1 Å². The van der Waals surface area contributed by atoms with Crippen molar-refractivity contribution in [2.24, 2.45) is 0 Å². The molecule has 0 bridgehead atoms. The second-order valence-corrected chi connectivity index (χ2v) is 8.85. The maximum Gasteiger partial charge on any atom is 0.290 e. The number of para-hydroxylation sites is 1. The summed E-state index contributed by atoms with van der Waals surface area (Å²) in [4.78, 5) is 25.4. The van der Waals surface area contributed by atoms with E-state index in [1.807, 2.05) is 44.2 Å². The first-order chi connectivity index (χ1) is 16.8. The highest BCUT2D eigenvalue weighted by Crippen LogP contribution is 2.25. The molecule has 0 saturated carbocycles. The Labute approximate surface area is 213 Å². The number of nitrogens with one attached hydrogen (secondary N) is 2. The first-order valence-electron chi connectivity index (χ1n) is 11.0. The second kappa shape index (κ2) is 10.8. The molecule has 1 heterocycles. The number of amides is 2. The summed E-state index contributed by atoms with van der Waals surface area (Å²) in [6.45, 7) is 3.54. The summed E-state index contributed by atoms with van der Waals surface area (Å²) in [6.07, 6.45) is 1.80. The minimum absolute atomic E-state index is 0.0531. The van der Waals surface area contributed by atoms with Gasteiger partial charge in [0.15, 0.2) is 18.6 Å². The Kier molecular flexibility index (Phi) is 7.54. The number of rotatable bonds is 7. The summed E-state index contributed by atoms with van der Waals surface area (Å²) < 4.78 is 7.67. The Morgan fingerprint density at radius 1 is 0.800 bits per heavy atom. The van der Waals surface area contributed by atoms with E-state index in [-0.39, 0.29) is 25.0 Å². The fourth-order valence-corrected chi connectivity index (χ4v) is 4.06. The predicted octanol–water partition coefficient (Wildman–Crippen LogP) is 5.71. The van der Waals surface area contributed by atoms with Crippen LogP contribution in [0.25, 0.3) is 10.9 Å². The molecule has 0 unspecified atom stereocenters. The lowest BCUT2D eigenvalue weighted by Crippen LogP contribution is -2.41. The number of ether oxygens (including phenoxy) is 1. The summed E-state index contributed by atoms with van der Waals surface area (Å²) in [6, 6.07) is 20.0. The maximum absolute atomic E-state index is 12.8. The van der Waals surface area contributed by atoms with Crippen molar-refractivity contribution in [1.29, 1.82) is 0 Å². The molecule has 4 rings (SSSR count). The van der Waals surface area contributed by atoms with E-state index in [1.54, 1.807) is 47.2 Å². The van der Waals surface area contributed by atoms with Crippen molar-refractivity contribution in [2.75, 3.05) is 17.2 Å². The highest BCUT2D eigenvalue weighted by molar-refractivity contribution is 6.32. The van der Waals surface area contributed by atoms with Gasteiger partial charge in [-0.1, -0.05) is 41.4 Å². The monoisotopic (exact) mass is 508 g/mol. The topological polar surface area (TPSA) is 71.3 Å². The molecule has 6 nitrogen and oxygen atoms in total. The van der Waals surface area contributed by atoms with Crippen LogP contribution >= 0.6 is 23.2 Å². The molecular formula is C27H24Cl2N3O3+. The van der Waals surface area contributed by atoms with Crippen molar-refractivity contribution in [3.8, 4) is 5.75 Å². The molecule has 0 aliphatic carbocycles. The van der Waals surface area contributed by atoms with Gasteiger partial charge in [-0.3, -0.25) is 9.59 Å². The number of halogens is 2. The first kappa shape index (κ1) is 24.5. The lowest BCUT2D eigenvalue weighted by molar-refractivity contribution is -0.658. The van der Waals surface area contributed by atoms with Gasteiger partial charge in [0.1, 0.15) is 0 Å². The summed E-state index contributed by atoms with van der Waals surface area (Å²) in [5.74, 6) is -0.0336. The molecule has 3 aromatic carbocycles. The van der Waals surface area contributed by atoms with Gasteiger partial charge in [0.25, 0.3) is 17.3 Å². The van der Waals surface area contributed by atoms with Gasteiger partial charge in [-0.05, 0) is 67.4 Å². The van der Waals surface area contributed by atoms with Crippen LogP contribution in [-0.2, 0) is 16.1 Å². The Hall–Kier alpha value is -3.61. The molecule has 2 N–H and O–H groups in total. The van der Waals surface area contributed by atoms with Gasteiger partial charge in [-0.2, -0.15) is 4.57 Å². The van der Waals surface area contributed by atoms with Gasteiger partial charge >= 0.3 is 0 Å². The third-order valence-electron chi connectivity index (χ3n) is 5.62. The number of nitrogens with zero attached hydrogens (tertiary/aromatic N) is 1. The highest BCUT2D eigenvalue weighted by atomic mass is 35.5. The lowest BCUT2D eigenvalue weighted by atomic mass is 10.2. The standard InChI is InChI=1S/C27H23Cl2N3O3/c1-17-20(28)9-4-11-22(17)30-25(33)15-32-14-6-8-19-7-3-13-24(27(19)32)35-16-26(34)31-23-12-5-10-21(29)18(23)2/h3-14H,15-16H2,1-2H3,(H-,30,31,33,34)/p+1. The molecule has 0 aliphatic heterocycles. The van der Waals surface area contributed by atoms with Crippen LogP contribution in [0.15, 0.2) is 72.9 Å². The highest BCUT2D eigenvalue weighted by Gasteiger charge is 2.19. The Morgan fingerprint density at radius 2 is 1.37 bits per heavy atom. The van der Waals surface area contributed by atoms with Gasteiger partial charge in [0.05, 0.1) is 5.39 Å². The van der Waals surface area contributed by atoms with E-state index in [0.29, 0.717) is 32.7 Å². The third kappa shape index (κ3) is 5.73. The van der Waals surface area contributed by atoms with Crippen molar-refractivity contribution < 1.29 is 18.9 Å². The number of benzene rings is 3. The minimum atomic E-state index is -0.316. The molecule has 35 heavy (non-hydrogen) atoms. The molecule has 0 aliphatic rings. The normalized spacial score (nSPS) is 10.7. The SMILES string of the molecule is Cc1c(Cl)cccc1NC(=O)COc1cccc2ccc[n+](CC(=O)Nc3cccc(Cl)c3C)c12. The number of fused-ring (bicyclic) bond motifs is 1. The van der Waals surface area contributed by atoms with Crippen molar-refractivity contribution >= 4 is 57.3 Å². The average molecular weight is 509 g/mol. The average Bonchev–Trinajstić information content (AvgIpc) is 2.83. The summed E-state index contributed by atoms with van der Waals surface area (Å²) in [7, 11) is 0. The first-order valence-corrected chi connectivity index (χ1v) is 11.7. The molecule has 0 saturated heterocycles. The quantitative estimate of drug-likeness (QED) is 0.314. The number of pyridine rings is 1. The Balaban J connectivity index is 1.51. The van der Waals surface area contributed by atoms with Gasteiger partial charge in [-0.15, -0.1) is 0 Å². The van der Waals surface area contributed by atoms with Gasteiger partial charge in [0.2, 0.25) is 6.54 Å². The van der Waals surface area contributed by atoms with Crippen LogP contribution in [0, 0.1) is 13.8 Å². The molecular weight excluding hydrogens is 485 g/mol. The summed E-state index contributed by atoms with van der Waals surface area (Å²) in [5, 5.41) is 7.77. The molecule has 0 fully saturated rings. The molecule has 0 spiro atoms. The molecule has 2 amide bonds. The van der Waals surface area contributed by atoms with Crippen molar-refractivity contribution in [2.45, 2.75) is 20.4 Å². The van der Waals surface area contributed by atoms with Crippen LogP contribution < -0.4 is 19.9 Å². The number of hydrogen-bond acceptors (Lipinski definition) is 3. The van der Waals surface area contributed by atoms with Gasteiger partial charge in [-0.25, -0.2) is 0 Å². The third-order valence-corrected chi connectivity index (χ3v) is 6.43. The Bertz CT molecular complexity index is 1420. The number of carbonyl (C=O) groups excluding carboxylic acids is 2. The molecule has 0 atom stereocenters. The van der Waals surface area contributed by atoms with Gasteiger partial charge < -0.3 is 15.4 Å². The zero-order chi connectivity index (χ0) is 24.9. The van der Waals surface area contributed by atoms with Crippen LogP contribution in [0.5, 0.6) is 5.75 Å². The fourth-order valence-electron chi connectivity index (χ4n) is 3.71. The Morgan fingerprint density at radius 3 is 2.03 bits per heavy atom.